The van der Waals surface area contributed by atoms with Crippen LogP contribution in [-0.4, -0.2) is 35.6 Å². The molecule has 6 heteroatoms. The maximum atomic E-state index is 11.2. The van der Waals surface area contributed by atoms with Gasteiger partial charge >= 0.3 is 0 Å². The second-order valence-corrected chi connectivity index (χ2v) is 5.11. The molecule has 0 unspecified atom stereocenters. The van der Waals surface area contributed by atoms with Crippen molar-refractivity contribution in [3.63, 3.8) is 0 Å². The average molecular weight is 259 g/mol. The summed E-state index contributed by atoms with van der Waals surface area (Å²) in [5.74, 6) is 0.606. The molecule has 1 rings (SSSR count). The summed E-state index contributed by atoms with van der Waals surface area (Å²) in [4.78, 5) is 17.7. The lowest BCUT2D eigenvalue weighted by atomic mass is 10.4. The Bertz CT molecular complexity index is 339. The molecule has 0 radical (unpaired) electrons. The number of carbonyl (C=O) groups excluding carboxylic acids is 1. The minimum Gasteiger partial charge on any atom is -0.350 e. The largest absolute Gasteiger partial charge is 0.350 e. The molecule has 0 spiro atoms. The second-order valence-electron chi connectivity index (χ2n) is 3.72. The summed E-state index contributed by atoms with van der Waals surface area (Å²) in [6.07, 6.45) is 0.457. The first-order chi connectivity index (χ1) is 7.61. The van der Waals surface area contributed by atoms with E-state index in [0.29, 0.717) is 18.7 Å². The summed E-state index contributed by atoms with van der Waals surface area (Å²) in [5, 5.41) is 5.79. The number of rotatable bonds is 6. The minimum atomic E-state index is 0.0272. The van der Waals surface area contributed by atoms with Gasteiger partial charge in [-0.15, -0.1) is 11.3 Å². The van der Waals surface area contributed by atoms with E-state index in [1.807, 2.05) is 19.5 Å². The van der Waals surface area contributed by atoms with Crippen molar-refractivity contribution >= 4 is 29.9 Å². The van der Waals surface area contributed by atoms with Gasteiger partial charge in [-0.3, -0.25) is 4.79 Å². The van der Waals surface area contributed by atoms with Gasteiger partial charge in [0.05, 0.1) is 12.2 Å². The molecule has 1 aromatic heterocycles. The smallest absolute Gasteiger partial charge is 0.221 e. The molecule has 0 fully saturated rings. The predicted molar refractivity (Wildman–Crippen MR) is 69.8 cm³/mol. The van der Waals surface area contributed by atoms with Crippen LogP contribution in [0.15, 0.2) is 5.38 Å². The van der Waals surface area contributed by atoms with Gasteiger partial charge in [0.2, 0.25) is 5.91 Å². The van der Waals surface area contributed by atoms with Gasteiger partial charge in [0.25, 0.3) is 0 Å². The topological polar surface area (TPSA) is 45.2 Å². The number of amides is 1. The Morgan fingerprint density at radius 1 is 1.62 bits per heavy atom. The molecule has 90 valence electrons. The Morgan fingerprint density at radius 2 is 2.38 bits per heavy atom. The van der Waals surface area contributed by atoms with E-state index in [-0.39, 0.29) is 5.91 Å². The van der Waals surface area contributed by atoms with Crippen LogP contribution in [0.3, 0.4) is 0 Å². The minimum absolute atomic E-state index is 0.0272. The number of hydrogen-bond donors (Lipinski definition) is 2. The van der Waals surface area contributed by atoms with Crippen molar-refractivity contribution in [2.24, 2.45) is 0 Å². The maximum absolute atomic E-state index is 11.2. The molecule has 1 heterocycles. The van der Waals surface area contributed by atoms with Crippen molar-refractivity contribution in [1.29, 1.82) is 0 Å². The highest BCUT2D eigenvalue weighted by atomic mass is 32.1. The van der Waals surface area contributed by atoms with Gasteiger partial charge in [0, 0.05) is 18.3 Å². The van der Waals surface area contributed by atoms with E-state index in [0.717, 1.165) is 17.2 Å². The van der Waals surface area contributed by atoms with Gasteiger partial charge in [-0.25, -0.2) is 4.98 Å². The summed E-state index contributed by atoms with van der Waals surface area (Å²) < 4.78 is 0. The van der Waals surface area contributed by atoms with Crippen molar-refractivity contribution in [2.75, 3.05) is 19.8 Å². The van der Waals surface area contributed by atoms with Crippen LogP contribution in [0.4, 0.5) is 0 Å². The Balaban J connectivity index is 2.37. The Hall–Kier alpha value is -0.590. The summed E-state index contributed by atoms with van der Waals surface area (Å²) in [6.45, 7) is 1.35. The molecule has 0 aliphatic carbocycles. The average Bonchev–Trinajstić information content (AvgIpc) is 2.62. The van der Waals surface area contributed by atoms with Crippen LogP contribution in [0.25, 0.3) is 0 Å². The molecule has 0 saturated heterocycles. The fraction of sp³-hybridized carbons (Fsp3) is 0.600. The van der Waals surface area contributed by atoms with Crippen LogP contribution in [0, 0.1) is 0 Å². The van der Waals surface area contributed by atoms with Crippen LogP contribution in [0.1, 0.15) is 17.1 Å². The molecule has 0 atom stereocenters. The first kappa shape index (κ1) is 13.5. The van der Waals surface area contributed by atoms with Crippen LogP contribution < -0.4 is 5.32 Å². The third-order valence-electron chi connectivity index (χ3n) is 1.85. The number of hydrogen-bond acceptors (Lipinski definition) is 5. The van der Waals surface area contributed by atoms with E-state index in [2.05, 4.69) is 27.8 Å². The van der Waals surface area contributed by atoms with Gasteiger partial charge in [-0.1, -0.05) is 0 Å². The normalized spacial score (nSPS) is 10.8. The quantitative estimate of drug-likeness (QED) is 0.753. The molecule has 1 amide bonds. The highest BCUT2D eigenvalue weighted by Crippen LogP contribution is 2.10. The predicted octanol–water partition coefficient (Wildman–Crippen LogP) is 1.14. The monoisotopic (exact) mass is 259 g/mol. The molecular weight excluding hydrogens is 242 g/mol. The zero-order chi connectivity index (χ0) is 12.0. The van der Waals surface area contributed by atoms with E-state index in [4.69, 9.17) is 0 Å². The van der Waals surface area contributed by atoms with Crippen molar-refractivity contribution in [3.05, 3.63) is 16.1 Å². The lowest BCUT2D eigenvalue weighted by Gasteiger charge is -2.05. The Morgan fingerprint density at radius 3 is 3.00 bits per heavy atom. The highest BCUT2D eigenvalue weighted by molar-refractivity contribution is 7.80. The molecule has 1 aromatic rings. The number of carbonyl (C=O) groups is 1. The molecule has 0 aliphatic heterocycles. The van der Waals surface area contributed by atoms with Crippen molar-refractivity contribution in [1.82, 2.24) is 15.2 Å². The second kappa shape index (κ2) is 6.88. The lowest BCUT2D eigenvalue weighted by Crippen LogP contribution is -2.22. The van der Waals surface area contributed by atoms with E-state index in [1.165, 1.54) is 0 Å². The van der Waals surface area contributed by atoms with Gasteiger partial charge < -0.3 is 10.2 Å². The molecule has 16 heavy (non-hydrogen) atoms. The summed E-state index contributed by atoms with van der Waals surface area (Å²) in [7, 11) is 4.01. The molecule has 1 N–H and O–H groups in total. The lowest BCUT2D eigenvalue weighted by molar-refractivity contribution is -0.120. The number of nitrogens with one attached hydrogen (secondary N) is 1. The molecule has 0 aliphatic rings. The Kier molecular flexibility index (Phi) is 5.79. The van der Waals surface area contributed by atoms with E-state index >= 15 is 0 Å². The summed E-state index contributed by atoms with van der Waals surface area (Å²) in [5.41, 5.74) is 1.05. The summed E-state index contributed by atoms with van der Waals surface area (Å²) >= 11 is 5.58. The van der Waals surface area contributed by atoms with Crippen molar-refractivity contribution in [2.45, 2.75) is 19.5 Å². The molecule has 4 nitrogen and oxygen atoms in total. The van der Waals surface area contributed by atoms with Crippen LogP contribution in [0.2, 0.25) is 0 Å². The molecule has 0 saturated carbocycles. The number of aromatic nitrogens is 1. The maximum Gasteiger partial charge on any atom is 0.221 e. The third-order valence-corrected chi connectivity index (χ3v) is 2.97. The van der Waals surface area contributed by atoms with E-state index < -0.39 is 0 Å². The number of thiol groups is 1. The first-order valence-corrected chi connectivity index (χ1v) is 6.58. The SMILES string of the molecule is CN(C)Cc1csc(CNC(=O)CCS)n1. The van der Waals surface area contributed by atoms with Gasteiger partial charge in [0.15, 0.2) is 0 Å². The molecule has 0 bridgehead atoms. The fourth-order valence-electron chi connectivity index (χ4n) is 1.19. The van der Waals surface area contributed by atoms with Crippen LogP contribution in [0.5, 0.6) is 0 Å². The van der Waals surface area contributed by atoms with Crippen LogP contribution in [-0.2, 0) is 17.9 Å². The van der Waals surface area contributed by atoms with Gasteiger partial charge in [-0.05, 0) is 19.8 Å². The Labute approximate surface area is 105 Å². The van der Waals surface area contributed by atoms with Gasteiger partial charge in [-0.2, -0.15) is 12.6 Å². The van der Waals surface area contributed by atoms with Crippen molar-refractivity contribution < 1.29 is 4.79 Å². The van der Waals surface area contributed by atoms with E-state index in [1.54, 1.807) is 11.3 Å². The number of thiazole rings is 1. The fourth-order valence-corrected chi connectivity index (χ4v) is 2.12. The molecule has 0 aromatic carbocycles. The highest BCUT2D eigenvalue weighted by Gasteiger charge is 2.04. The van der Waals surface area contributed by atoms with Crippen LogP contribution >= 0.6 is 24.0 Å². The zero-order valence-corrected chi connectivity index (χ0v) is 11.3. The number of nitrogens with zero attached hydrogens (tertiary/aromatic N) is 2. The standard InChI is InChI=1S/C10H17N3OS2/c1-13(2)6-8-7-16-10(12-8)5-11-9(14)3-4-15/h7,15H,3-6H2,1-2H3,(H,11,14). The molecular formula is C10H17N3OS2. The van der Waals surface area contributed by atoms with Gasteiger partial charge in [0.1, 0.15) is 5.01 Å². The summed E-state index contributed by atoms with van der Waals surface area (Å²) in [6, 6.07) is 0. The zero-order valence-electron chi connectivity index (χ0n) is 9.56. The van der Waals surface area contributed by atoms with E-state index in [9.17, 15) is 4.79 Å². The first-order valence-electron chi connectivity index (χ1n) is 5.07. The third kappa shape index (κ3) is 4.96. The van der Waals surface area contributed by atoms with Crippen molar-refractivity contribution in [3.8, 4) is 0 Å².